The molecule has 1 aliphatic rings. The van der Waals surface area contributed by atoms with E-state index in [9.17, 15) is 5.11 Å². The van der Waals surface area contributed by atoms with Crippen LogP contribution in [0, 0.1) is 6.92 Å². The molecule has 1 heterocycles. The van der Waals surface area contributed by atoms with Crippen LogP contribution in [0.3, 0.4) is 0 Å². The van der Waals surface area contributed by atoms with Crippen molar-refractivity contribution in [2.24, 2.45) is 0 Å². The van der Waals surface area contributed by atoms with Crippen molar-refractivity contribution in [3.63, 3.8) is 0 Å². The predicted molar refractivity (Wildman–Crippen MR) is 85.1 cm³/mol. The summed E-state index contributed by atoms with van der Waals surface area (Å²) in [5, 5.41) is 11.0. The number of halogens is 1. The molecule has 1 unspecified atom stereocenters. The normalized spacial score (nSPS) is 14.6. The predicted octanol–water partition coefficient (Wildman–Crippen LogP) is 4.25. The molecule has 2 aromatic carbocycles. The van der Waals surface area contributed by atoms with Crippen LogP contribution in [0.2, 0.25) is 5.02 Å². The van der Waals surface area contributed by atoms with Gasteiger partial charge in [-0.05, 0) is 54.2 Å². The van der Waals surface area contributed by atoms with Gasteiger partial charge in [-0.3, -0.25) is 0 Å². The van der Waals surface area contributed by atoms with E-state index < -0.39 is 6.10 Å². The molecule has 0 aliphatic carbocycles. The molecule has 1 aliphatic heterocycles. The first-order chi connectivity index (χ1) is 10.1. The summed E-state index contributed by atoms with van der Waals surface area (Å²) in [6.45, 7) is 2.74. The maximum Gasteiger partial charge on any atom is 0.122 e. The summed E-state index contributed by atoms with van der Waals surface area (Å²) in [4.78, 5) is 0. The Morgan fingerprint density at radius 1 is 1.24 bits per heavy atom. The van der Waals surface area contributed by atoms with Gasteiger partial charge in [0.25, 0.3) is 0 Å². The van der Waals surface area contributed by atoms with Gasteiger partial charge in [0.2, 0.25) is 0 Å². The van der Waals surface area contributed by atoms with Crippen LogP contribution in [-0.4, -0.2) is 11.7 Å². The molecule has 21 heavy (non-hydrogen) atoms. The molecular formula is C18H19ClO2. The molecule has 1 N–H and O–H groups in total. The highest BCUT2D eigenvalue weighted by molar-refractivity contribution is 6.31. The number of rotatable bonds is 4. The van der Waals surface area contributed by atoms with Crippen LogP contribution in [-0.2, 0) is 12.8 Å². The van der Waals surface area contributed by atoms with E-state index in [2.05, 4.69) is 12.1 Å². The monoisotopic (exact) mass is 302 g/mol. The number of aliphatic hydroxyl groups excluding tert-OH is 1. The fourth-order valence-electron chi connectivity index (χ4n) is 2.68. The Morgan fingerprint density at radius 3 is 2.90 bits per heavy atom. The van der Waals surface area contributed by atoms with E-state index in [1.165, 1.54) is 11.1 Å². The van der Waals surface area contributed by atoms with Gasteiger partial charge in [-0.15, -0.1) is 0 Å². The number of hydrogen-bond donors (Lipinski definition) is 1. The highest BCUT2D eigenvalue weighted by atomic mass is 35.5. The lowest BCUT2D eigenvalue weighted by molar-refractivity contribution is 0.168. The summed E-state index contributed by atoms with van der Waals surface area (Å²) in [6.07, 6.45) is 2.05. The second kappa shape index (κ2) is 6.08. The Bertz CT molecular complexity index is 652. The van der Waals surface area contributed by atoms with Gasteiger partial charge < -0.3 is 9.84 Å². The van der Waals surface area contributed by atoms with Gasteiger partial charge >= 0.3 is 0 Å². The third kappa shape index (κ3) is 3.22. The zero-order valence-electron chi connectivity index (χ0n) is 12.1. The molecule has 0 spiro atoms. The lowest BCUT2D eigenvalue weighted by Crippen LogP contribution is -2.00. The molecule has 1 atom stereocenters. The number of ether oxygens (including phenoxy) is 1. The zero-order chi connectivity index (χ0) is 14.8. The van der Waals surface area contributed by atoms with Crippen molar-refractivity contribution in [3.05, 3.63) is 63.7 Å². The van der Waals surface area contributed by atoms with Gasteiger partial charge in [-0.2, -0.15) is 0 Å². The van der Waals surface area contributed by atoms with Gasteiger partial charge in [0.15, 0.2) is 0 Å². The highest BCUT2D eigenvalue weighted by Crippen LogP contribution is 2.28. The summed E-state index contributed by atoms with van der Waals surface area (Å²) in [5.41, 5.74) is 4.44. The van der Waals surface area contributed by atoms with E-state index in [4.69, 9.17) is 16.3 Å². The summed E-state index contributed by atoms with van der Waals surface area (Å²) in [7, 11) is 0. The maximum absolute atomic E-state index is 10.3. The van der Waals surface area contributed by atoms with Gasteiger partial charge in [0.05, 0.1) is 12.7 Å². The zero-order valence-corrected chi connectivity index (χ0v) is 12.9. The Hall–Kier alpha value is -1.51. The number of fused-ring (bicyclic) bond motifs is 1. The fraction of sp³-hybridized carbons (Fsp3) is 0.333. The molecule has 110 valence electrons. The minimum Gasteiger partial charge on any atom is -0.493 e. The minimum atomic E-state index is -0.479. The first-order valence-corrected chi connectivity index (χ1v) is 7.70. The molecular weight excluding hydrogens is 284 g/mol. The fourth-order valence-corrected chi connectivity index (χ4v) is 2.87. The summed E-state index contributed by atoms with van der Waals surface area (Å²) in [5.74, 6) is 1.00. The smallest absolute Gasteiger partial charge is 0.122 e. The maximum atomic E-state index is 10.3. The summed E-state index contributed by atoms with van der Waals surface area (Å²) >= 11 is 6.11. The average Bonchev–Trinajstić information content (AvgIpc) is 2.95. The Labute approximate surface area is 130 Å². The summed E-state index contributed by atoms with van der Waals surface area (Å²) in [6, 6.07) is 12.1. The Balaban J connectivity index is 1.65. The Morgan fingerprint density at radius 2 is 2.10 bits per heavy atom. The molecule has 0 aromatic heterocycles. The van der Waals surface area contributed by atoms with Crippen molar-refractivity contribution in [2.75, 3.05) is 6.61 Å². The van der Waals surface area contributed by atoms with E-state index >= 15 is 0 Å². The molecule has 0 saturated heterocycles. The standard InChI is InChI=1S/C18H19ClO2/c1-12-2-5-14(11-16(12)19)17(20)6-3-13-4-7-18-15(10-13)8-9-21-18/h2,4-5,7,10-11,17,20H,3,6,8-9H2,1H3. The van der Waals surface area contributed by atoms with Crippen molar-refractivity contribution < 1.29 is 9.84 Å². The van der Waals surface area contributed by atoms with Gasteiger partial charge in [0.1, 0.15) is 5.75 Å². The summed E-state index contributed by atoms with van der Waals surface area (Å²) < 4.78 is 5.51. The van der Waals surface area contributed by atoms with Crippen LogP contribution < -0.4 is 4.74 Å². The number of aliphatic hydroxyl groups is 1. The van der Waals surface area contributed by atoms with Crippen LogP contribution in [0.1, 0.15) is 34.8 Å². The van der Waals surface area contributed by atoms with Crippen molar-refractivity contribution in [1.82, 2.24) is 0 Å². The second-order valence-electron chi connectivity index (χ2n) is 5.60. The van der Waals surface area contributed by atoms with E-state index in [1.807, 2.05) is 31.2 Å². The second-order valence-corrected chi connectivity index (χ2v) is 6.01. The molecule has 0 radical (unpaired) electrons. The number of hydrogen-bond acceptors (Lipinski definition) is 2. The molecule has 0 fully saturated rings. The van der Waals surface area contributed by atoms with E-state index in [-0.39, 0.29) is 0 Å². The van der Waals surface area contributed by atoms with Crippen molar-refractivity contribution in [2.45, 2.75) is 32.3 Å². The molecule has 0 saturated carbocycles. The molecule has 0 amide bonds. The van der Waals surface area contributed by atoms with Gasteiger partial charge in [-0.25, -0.2) is 0 Å². The number of benzene rings is 2. The number of aryl methyl sites for hydroxylation is 2. The first-order valence-electron chi connectivity index (χ1n) is 7.32. The first kappa shape index (κ1) is 14.4. The van der Waals surface area contributed by atoms with Gasteiger partial charge in [-0.1, -0.05) is 35.9 Å². The topological polar surface area (TPSA) is 29.5 Å². The van der Waals surface area contributed by atoms with Crippen LogP contribution in [0.5, 0.6) is 5.75 Å². The van der Waals surface area contributed by atoms with Crippen molar-refractivity contribution in [1.29, 1.82) is 0 Å². The van der Waals surface area contributed by atoms with Crippen LogP contribution in [0.4, 0.5) is 0 Å². The Kier molecular flexibility index (Phi) is 4.18. The van der Waals surface area contributed by atoms with E-state index in [0.717, 1.165) is 36.3 Å². The minimum absolute atomic E-state index is 0.479. The third-order valence-electron chi connectivity index (χ3n) is 4.04. The van der Waals surface area contributed by atoms with E-state index in [1.54, 1.807) is 0 Å². The van der Waals surface area contributed by atoms with Crippen molar-refractivity contribution >= 4 is 11.6 Å². The quantitative estimate of drug-likeness (QED) is 0.915. The van der Waals surface area contributed by atoms with Crippen molar-refractivity contribution in [3.8, 4) is 5.75 Å². The van der Waals surface area contributed by atoms with E-state index in [0.29, 0.717) is 11.4 Å². The molecule has 0 bridgehead atoms. The van der Waals surface area contributed by atoms with Crippen LogP contribution in [0.25, 0.3) is 0 Å². The molecule has 3 heteroatoms. The SMILES string of the molecule is Cc1ccc(C(O)CCc2ccc3c(c2)CCO3)cc1Cl. The lowest BCUT2D eigenvalue weighted by Gasteiger charge is -2.12. The largest absolute Gasteiger partial charge is 0.493 e. The van der Waals surface area contributed by atoms with Crippen LogP contribution in [0.15, 0.2) is 36.4 Å². The molecule has 3 rings (SSSR count). The lowest BCUT2D eigenvalue weighted by atomic mass is 9.99. The third-order valence-corrected chi connectivity index (χ3v) is 4.45. The molecule has 2 aromatic rings. The van der Waals surface area contributed by atoms with Gasteiger partial charge in [0, 0.05) is 11.4 Å². The molecule has 2 nitrogen and oxygen atoms in total. The highest BCUT2D eigenvalue weighted by Gasteiger charge is 2.13. The van der Waals surface area contributed by atoms with Crippen LogP contribution >= 0.6 is 11.6 Å². The average molecular weight is 303 g/mol.